The van der Waals surface area contributed by atoms with Crippen molar-refractivity contribution in [1.29, 1.82) is 0 Å². The Morgan fingerprint density at radius 1 is 1.10 bits per heavy atom. The predicted molar refractivity (Wildman–Crippen MR) is 104 cm³/mol. The summed E-state index contributed by atoms with van der Waals surface area (Å²) < 4.78 is 45.0. The second kappa shape index (κ2) is 8.86. The molecule has 1 fully saturated rings. The highest BCUT2D eigenvalue weighted by Crippen LogP contribution is 2.39. The van der Waals surface area contributed by atoms with Gasteiger partial charge in [-0.1, -0.05) is 48.5 Å². The SMILES string of the molecule is CNC(=O)OCC1(c2cccc(C(F)(F)F)c2)CCN(Cc2ccccc2)CC1. The number of carbonyl (C=O) groups is 1. The average molecular weight is 406 g/mol. The van der Waals surface area contributed by atoms with Crippen molar-refractivity contribution >= 4 is 6.09 Å². The summed E-state index contributed by atoms with van der Waals surface area (Å²) in [5.41, 5.74) is 0.443. The number of rotatable bonds is 5. The molecule has 156 valence electrons. The van der Waals surface area contributed by atoms with Crippen molar-refractivity contribution in [2.75, 3.05) is 26.7 Å². The molecule has 0 saturated carbocycles. The Labute approximate surface area is 168 Å². The number of hydrogen-bond donors (Lipinski definition) is 1. The molecule has 0 aliphatic carbocycles. The minimum atomic E-state index is -4.41. The van der Waals surface area contributed by atoms with E-state index in [-0.39, 0.29) is 6.61 Å². The molecule has 3 rings (SSSR count). The molecule has 1 heterocycles. The Balaban J connectivity index is 1.80. The summed E-state index contributed by atoms with van der Waals surface area (Å²) in [5.74, 6) is 0. The molecule has 1 saturated heterocycles. The summed E-state index contributed by atoms with van der Waals surface area (Å²) in [6.07, 6.45) is -3.77. The number of nitrogens with one attached hydrogen (secondary N) is 1. The van der Waals surface area contributed by atoms with E-state index >= 15 is 0 Å². The number of amides is 1. The standard InChI is InChI=1S/C22H25F3N2O2/c1-26-20(28)29-16-21(18-8-5-9-19(14-18)22(23,24)25)10-12-27(13-11-21)15-17-6-3-2-4-7-17/h2-9,14H,10-13,15-16H2,1H3,(H,26,28). The maximum absolute atomic E-state index is 13.2. The van der Waals surface area contributed by atoms with Crippen LogP contribution in [-0.2, 0) is 22.9 Å². The monoisotopic (exact) mass is 406 g/mol. The second-order valence-electron chi connectivity index (χ2n) is 7.45. The fraction of sp³-hybridized carbons (Fsp3) is 0.409. The first kappa shape index (κ1) is 21.2. The summed E-state index contributed by atoms with van der Waals surface area (Å²) >= 11 is 0. The van der Waals surface area contributed by atoms with Crippen LogP contribution in [0.2, 0.25) is 0 Å². The molecule has 1 N–H and O–H groups in total. The molecule has 1 aliphatic rings. The maximum atomic E-state index is 13.2. The number of piperidine rings is 1. The summed E-state index contributed by atoms with van der Waals surface area (Å²) in [6, 6.07) is 15.5. The van der Waals surface area contributed by atoms with Gasteiger partial charge in [-0.3, -0.25) is 4.90 Å². The Kier molecular flexibility index (Phi) is 6.47. The van der Waals surface area contributed by atoms with Crippen LogP contribution in [0.5, 0.6) is 0 Å². The van der Waals surface area contributed by atoms with Crippen molar-refractivity contribution in [1.82, 2.24) is 10.2 Å². The van der Waals surface area contributed by atoms with Crippen molar-refractivity contribution < 1.29 is 22.7 Å². The first-order valence-corrected chi connectivity index (χ1v) is 9.61. The summed E-state index contributed by atoms with van der Waals surface area (Å²) in [6.45, 7) is 2.26. The number of halogens is 3. The molecule has 1 amide bonds. The van der Waals surface area contributed by atoms with Gasteiger partial charge in [-0.05, 0) is 43.1 Å². The highest BCUT2D eigenvalue weighted by molar-refractivity contribution is 5.66. The third-order valence-corrected chi connectivity index (χ3v) is 5.55. The molecular formula is C22H25F3N2O2. The van der Waals surface area contributed by atoms with Gasteiger partial charge in [0.05, 0.1) is 5.56 Å². The molecule has 2 aromatic carbocycles. The van der Waals surface area contributed by atoms with Gasteiger partial charge in [0.15, 0.2) is 0 Å². The highest BCUT2D eigenvalue weighted by atomic mass is 19.4. The molecule has 0 unspecified atom stereocenters. The van der Waals surface area contributed by atoms with Gasteiger partial charge in [0.2, 0.25) is 0 Å². The van der Waals surface area contributed by atoms with Crippen molar-refractivity contribution in [2.45, 2.75) is 31.0 Å². The average Bonchev–Trinajstić information content (AvgIpc) is 2.73. The van der Waals surface area contributed by atoms with E-state index in [1.165, 1.54) is 24.7 Å². The lowest BCUT2D eigenvalue weighted by atomic mass is 9.73. The first-order valence-electron chi connectivity index (χ1n) is 9.61. The Morgan fingerprint density at radius 3 is 2.41 bits per heavy atom. The number of benzene rings is 2. The smallest absolute Gasteiger partial charge is 0.416 e. The van der Waals surface area contributed by atoms with E-state index in [1.807, 2.05) is 18.2 Å². The molecule has 0 spiro atoms. The van der Waals surface area contributed by atoms with Crippen LogP contribution < -0.4 is 5.32 Å². The fourth-order valence-corrected chi connectivity index (χ4v) is 3.80. The van der Waals surface area contributed by atoms with Crippen LogP contribution in [0, 0.1) is 0 Å². The van der Waals surface area contributed by atoms with E-state index in [2.05, 4.69) is 22.3 Å². The molecule has 7 heteroatoms. The number of nitrogens with zero attached hydrogens (tertiary/aromatic N) is 1. The topological polar surface area (TPSA) is 41.6 Å². The zero-order valence-electron chi connectivity index (χ0n) is 16.3. The molecule has 0 atom stereocenters. The highest BCUT2D eigenvalue weighted by Gasteiger charge is 2.39. The van der Waals surface area contributed by atoms with Gasteiger partial charge >= 0.3 is 12.3 Å². The molecule has 29 heavy (non-hydrogen) atoms. The molecule has 2 aromatic rings. The van der Waals surface area contributed by atoms with E-state index in [0.29, 0.717) is 31.5 Å². The summed E-state index contributed by atoms with van der Waals surface area (Å²) in [5, 5.41) is 2.40. The zero-order chi connectivity index (χ0) is 20.9. The van der Waals surface area contributed by atoms with Gasteiger partial charge < -0.3 is 10.1 Å². The van der Waals surface area contributed by atoms with Crippen molar-refractivity contribution in [3.05, 3.63) is 71.3 Å². The quantitative estimate of drug-likeness (QED) is 0.789. The third kappa shape index (κ3) is 5.29. The van der Waals surface area contributed by atoms with Crippen LogP contribution in [-0.4, -0.2) is 37.7 Å². The van der Waals surface area contributed by atoms with E-state index in [9.17, 15) is 18.0 Å². The maximum Gasteiger partial charge on any atom is 0.416 e. The number of alkyl carbamates (subject to hydrolysis) is 1. The van der Waals surface area contributed by atoms with Crippen LogP contribution >= 0.6 is 0 Å². The van der Waals surface area contributed by atoms with Gasteiger partial charge in [0.1, 0.15) is 6.61 Å². The molecule has 4 nitrogen and oxygen atoms in total. The summed E-state index contributed by atoms with van der Waals surface area (Å²) in [4.78, 5) is 13.9. The minimum Gasteiger partial charge on any atom is -0.449 e. The number of likely N-dealkylation sites (tertiary alicyclic amines) is 1. The number of ether oxygens (including phenoxy) is 1. The van der Waals surface area contributed by atoms with Crippen LogP contribution in [0.3, 0.4) is 0 Å². The Morgan fingerprint density at radius 2 is 1.79 bits per heavy atom. The van der Waals surface area contributed by atoms with Crippen molar-refractivity contribution in [3.63, 3.8) is 0 Å². The second-order valence-corrected chi connectivity index (χ2v) is 7.45. The fourth-order valence-electron chi connectivity index (χ4n) is 3.80. The first-order chi connectivity index (χ1) is 13.8. The molecule has 0 bridgehead atoms. The molecule has 1 aliphatic heterocycles. The molecule has 0 aromatic heterocycles. The lowest BCUT2D eigenvalue weighted by Gasteiger charge is -2.42. The zero-order valence-corrected chi connectivity index (χ0v) is 16.3. The molecular weight excluding hydrogens is 381 g/mol. The van der Waals surface area contributed by atoms with Crippen LogP contribution in [0.15, 0.2) is 54.6 Å². The van der Waals surface area contributed by atoms with Crippen LogP contribution in [0.25, 0.3) is 0 Å². The number of hydrogen-bond acceptors (Lipinski definition) is 3. The van der Waals surface area contributed by atoms with E-state index in [4.69, 9.17) is 4.74 Å². The van der Waals surface area contributed by atoms with Gasteiger partial charge in [0, 0.05) is 19.0 Å². The number of alkyl halides is 3. The Hall–Kier alpha value is -2.54. The van der Waals surface area contributed by atoms with E-state index in [1.54, 1.807) is 6.07 Å². The molecule has 0 radical (unpaired) electrons. The Bertz CT molecular complexity index is 816. The summed E-state index contributed by atoms with van der Waals surface area (Å²) in [7, 11) is 1.46. The van der Waals surface area contributed by atoms with Gasteiger partial charge in [-0.2, -0.15) is 13.2 Å². The third-order valence-electron chi connectivity index (χ3n) is 5.55. The van der Waals surface area contributed by atoms with Gasteiger partial charge in [-0.15, -0.1) is 0 Å². The van der Waals surface area contributed by atoms with Gasteiger partial charge in [0.25, 0.3) is 0 Å². The normalized spacial score (nSPS) is 17.0. The van der Waals surface area contributed by atoms with Crippen LogP contribution in [0.1, 0.15) is 29.5 Å². The number of carbonyl (C=O) groups excluding carboxylic acids is 1. The van der Waals surface area contributed by atoms with E-state index < -0.39 is 23.2 Å². The van der Waals surface area contributed by atoms with Gasteiger partial charge in [-0.25, -0.2) is 4.79 Å². The van der Waals surface area contributed by atoms with E-state index in [0.717, 1.165) is 12.6 Å². The lowest BCUT2D eigenvalue weighted by Crippen LogP contribution is -2.45. The van der Waals surface area contributed by atoms with Crippen molar-refractivity contribution in [3.8, 4) is 0 Å². The lowest BCUT2D eigenvalue weighted by molar-refractivity contribution is -0.137. The minimum absolute atomic E-state index is 0.0488. The largest absolute Gasteiger partial charge is 0.449 e. The predicted octanol–water partition coefficient (Wildman–Crippen LogP) is 4.60. The van der Waals surface area contributed by atoms with Crippen LogP contribution in [0.4, 0.5) is 18.0 Å². The van der Waals surface area contributed by atoms with Crippen molar-refractivity contribution in [2.24, 2.45) is 0 Å².